The van der Waals surface area contributed by atoms with Crippen LogP contribution < -0.4 is 0 Å². The summed E-state index contributed by atoms with van der Waals surface area (Å²) in [7, 11) is -0.135. The standard InChI is InChI=1S/C30H48O4Si/c1-9-10-11-19-25(20-14-15-23-33-35(7,8)29(2,3)4)34-28(31)30(5,32-6)27-22-16-18-24-17-12-13-21-26(24)27/h12-13,16-18,21-22,25H,9-11,14-15,19-20,23H2,1-8H3/t25-,30-/m0/s1. The molecule has 0 spiro atoms. The maximum Gasteiger partial charge on any atom is 0.343 e. The van der Waals surface area contributed by atoms with Crippen LogP contribution in [0.1, 0.15) is 85.1 Å². The van der Waals surface area contributed by atoms with Crippen molar-refractivity contribution in [2.45, 2.75) is 109 Å². The van der Waals surface area contributed by atoms with Crippen LogP contribution in [0, 0.1) is 0 Å². The summed E-state index contributed by atoms with van der Waals surface area (Å²) in [5.74, 6) is -0.310. The molecule has 196 valence electrons. The number of ether oxygens (including phenoxy) is 2. The van der Waals surface area contributed by atoms with Gasteiger partial charge in [0.2, 0.25) is 0 Å². The molecule has 0 amide bonds. The molecule has 0 heterocycles. The minimum absolute atomic E-state index is 0.105. The third kappa shape index (κ3) is 7.90. The molecule has 0 bridgehead atoms. The maximum absolute atomic E-state index is 13.5. The van der Waals surface area contributed by atoms with Gasteiger partial charge in [-0.05, 0) is 67.9 Å². The van der Waals surface area contributed by atoms with E-state index in [2.05, 4.69) is 52.9 Å². The fraction of sp³-hybridized carbons (Fsp3) is 0.633. The van der Waals surface area contributed by atoms with E-state index in [1.165, 1.54) is 0 Å². The SMILES string of the molecule is CCCCC[C@@H](CCCCO[Si](C)(C)C(C)(C)C)OC(=O)[C@@](C)(OC)c1cccc2ccccc12. The third-order valence-corrected chi connectivity index (χ3v) is 12.2. The number of carbonyl (C=O) groups excluding carboxylic acids is 1. The first kappa shape index (κ1) is 29.5. The van der Waals surface area contributed by atoms with E-state index in [0.29, 0.717) is 0 Å². The van der Waals surface area contributed by atoms with E-state index in [0.717, 1.165) is 67.9 Å². The van der Waals surface area contributed by atoms with Crippen molar-refractivity contribution >= 4 is 25.1 Å². The second-order valence-electron chi connectivity index (χ2n) is 11.4. The maximum atomic E-state index is 13.5. The van der Waals surface area contributed by atoms with Crippen LogP contribution >= 0.6 is 0 Å². The lowest BCUT2D eigenvalue weighted by atomic mass is 9.90. The molecular weight excluding hydrogens is 452 g/mol. The van der Waals surface area contributed by atoms with Crippen LogP contribution in [0.15, 0.2) is 42.5 Å². The highest BCUT2D eigenvalue weighted by atomic mass is 28.4. The first-order valence-corrected chi connectivity index (χ1v) is 16.3. The number of benzene rings is 2. The average Bonchev–Trinajstić information content (AvgIpc) is 2.82. The zero-order valence-electron chi connectivity index (χ0n) is 23.4. The van der Waals surface area contributed by atoms with Gasteiger partial charge < -0.3 is 13.9 Å². The normalized spacial score (nSPS) is 15.1. The van der Waals surface area contributed by atoms with Crippen LogP contribution in [0.4, 0.5) is 0 Å². The third-order valence-electron chi connectivity index (χ3n) is 7.69. The second kappa shape index (κ2) is 13.0. The summed E-state index contributed by atoms with van der Waals surface area (Å²) < 4.78 is 18.3. The molecule has 0 aliphatic rings. The number of hydrogen-bond acceptors (Lipinski definition) is 4. The minimum Gasteiger partial charge on any atom is -0.460 e. The van der Waals surface area contributed by atoms with E-state index in [-0.39, 0.29) is 17.1 Å². The molecule has 2 aromatic rings. The second-order valence-corrected chi connectivity index (χ2v) is 16.2. The van der Waals surface area contributed by atoms with Gasteiger partial charge in [-0.2, -0.15) is 0 Å². The fourth-order valence-corrected chi connectivity index (χ4v) is 5.20. The molecule has 0 radical (unpaired) electrons. The summed E-state index contributed by atoms with van der Waals surface area (Å²) in [6.45, 7) is 16.2. The number of unbranched alkanes of at least 4 members (excludes halogenated alkanes) is 3. The summed E-state index contributed by atoms with van der Waals surface area (Å²) in [5.41, 5.74) is -0.312. The zero-order valence-corrected chi connectivity index (χ0v) is 24.4. The Morgan fingerprint density at radius 1 is 0.914 bits per heavy atom. The van der Waals surface area contributed by atoms with Crippen molar-refractivity contribution in [1.29, 1.82) is 0 Å². The molecule has 2 rings (SSSR count). The van der Waals surface area contributed by atoms with Crippen LogP contribution in [0.3, 0.4) is 0 Å². The lowest BCUT2D eigenvalue weighted by Gasteiger charge is -2.36. The van der Waals surface area contributed by atoms with E-state index >= 15 is 0 Å². The molecule has 2 aromatic carbocycles. The van der Waals surface area contributed by atoms with Crippen LogP contribution in [-0.2, 0) is 24.3 Å². The van der Waals surface area contributed by atoms with Gasteiger partial charge in [-0.3, -0.25) is 0 Å². The van der Waals surface area contributed by atoms with Gasteiger partial charge in [0.1, 0.15) is 6.10 Å². The van der Waals surface area contributed by atoms with E-state index in [1.54, 1.807) is 7.11 Å². The van der Waals surface area contributed by atoms with Crippen molar-refractivity contribution in [3.8, 4) is 0 Å². The number of fused-ring (bicyclic) bond motifs is 1. The van der Waals surface area contributed by atoms with Crippen molar-refractivity contribution in [3.05, 3.63) is 48.0 Å². The van der Waals surface area contributed by atoms with Gasteiger partial charge >= 0.3 is 5.97 Å². The molecule has 5 heteroatoms. The fourth-order valence-electron chi connectivity index (χ4n) is 4.11. The van der Waals surface area contributed by atoms with Crippen LogP contribution in [0.2, 0.25) is 18.1 Å². The summed E-state index contributed by atoms with van der Waals surface area (Å²) in [6, 6.07) is 14.1. The molecule has 0 fully saturated rings. The first-order valence-electron chi connectivity index (χ1n) is 13.3. The zero-order chi connectivity index (χ0) is 26.1. The van der Waals surface area contributed by atoms with Gasteiger partial charge in [-0.25, -0.2) is 4.79 Å². The van der Waals surface area contributed by atoms with Gasteiger partial charge in [0, 0.05) is 19.3 Å². The average molecular weight is 501 g/mol. The van der Waals surface area contributed by atoms with Gasteiger partial charge in [-0.1, -0.05) is 83.0 Å². The van der Waals surface area contributed by atoms with E-state index in [4.69, 9.17) is 13.9 Å². The molecule has 35 heavy (non-hydrogen) atoms. The van der Waals surface area contributed by atoms with Crippen LogP contribution in [0.5, 0.6) is 0 Å². The van der Waals surface area contributed by atoms with Gasteiger partial charge in [0.15, 0.2) is 13.9 Å². The lowest BCUT2D eigenvalue weighted by molar-refractivity contribution is -0.174. The topological polar surface area (TPSA) is 44.8 Å². The highest BCUT2D eigenvalue weighted by Gasteiger charge is 2.40. The van der Waals surface area contributed by atoms with E-state index in [9.17, 15) is 4.79 Å². The Bertz CT molecular complexity index is 928. The largest absolute Gasteiger partial charge is 0.460 e. The van der Waals surface area contributed by atoms with E-state index < -0.39 is 13.9 Å². The summed E-state index contributed by atoms with van der Waals surface area (Å²) in [6.07, 6.45) is 6.96. The Labute approximate surface area is 214 Å². The molecule has 0 aliphatic heterocycles. The number of carbonyl (C=O) groups is 1. The molecule has 2 atom stereocenters. The lowest BCUT2D eigenvalue weighted by Crippen LogP contribution is -2.41. The number of rotatable bonds is 14. The van der Waals surface area contributed by atoms with E-state index in [1.807, 2.05) is 37.3 Å². The molecule has 0 N–H and O–H groups in total. The van der Waals surface area contributed by atoms with Crippen molar-refractivity contribution < 1.29 is 18.7 Å². The van der Waals surface area contributed by atoms with Crippen molar-refractivity contribution in [1.82, 2.24) is 0 Å². The molecular formula is C30H48O4Si. The van der Waals surface area contributed by atoms with Gasteiger partial charge in [-0.15, -0.1) is 0 Å². The predicted molar refractivity (Wildman–Crippen MR) is 149 cm³/mol. The number of esters is 1. The quantitative estimate of drug-likeness (QED) is 0.148. The van der Waals surface area contributed by atoms with Crippen molar-refractivity contribution in [3.63, 3.8) is 0 Å². The molecule has 0 saturated carbocycles. The first-order chi connectivity index (χ1) is 16.5. The molecule has 0 saturated heterocycles. The van der Waals surface area contributed by atoms with Crippen molar-refractivity contribution in [2.24, 2.45) is 0 Å². The Balaban J connectivity index is 2.07. The summed E-state index contributed by atoms with van der Waals surface area (Å²) in [4.78, 5) is 13.5. The number of methoxy groups -OCH3 is 1. The Hall–Kier alpha value is -1.69. The Kier molecular flexibility index (Phi) is 11.0. The monoisotopic (exact) mass is 500 g/mol. The van der Waals surface area contributed by atoms with Crippen molar-refractivity contribution in [2.75, 3.05) is 13.7 Å². The summed E-state index contributed by atoms with van der Waals surface area (Å²) in [5, 5.41) is 2.32. The Morgan fingerprint density at radius 3 is 2.17 bits per heavy atom. The van der Waals surface area contributed by atoms with Crippen LogP contribution in [-0.4, -0.2) is 34.1 Å². The van der Waals surface area contributed by atoms with Gasteiger partial charge in [0.25, 0.3) is 0 Å². The minimum atomic E-state index is -1.73. The molecule has 0 aromatic heterocycles. The molecule has 4 nitrogen and oxygen atoms in total. The highest BCUT2D eigenvalue weighted by molar-refractivity contribution is 6.74. The molecule has 0 aliphatic carbocycles. The summed E-state index contributed by atoms with van der Waals surface area (Å²) >= 11 is 0. The smallest absolute Gasteiger partial charge is 0.343 e. The molecule has 0 unspecified atom stereocenters. The van der Waals surface area contributed by atoms with Gasteiger partial charge in [0.05, 0.1) is 0 Å². The Morgan fingerprint density at radius 2 is 1.54 bits per heavy atom. The number of hydrogen-bond donors (Lipinski definition) is 0. The predicted octanol–water partition coefficient (Wildman–Crippen LogP) is 8.39. The van der Waals surface area contributed by atoms with Crippen LogP contribution in [0.25, 0.3) is 10.8 Å². The highest BCUT2D eigenvalue weighted by Crippen LogP contribution is 2.37.